The quantitative estimate of drug-likeness (QED) is 0.813. The highest BCUT2D eigenvalue weighted by Gasteiger charge is 2.14. The second-order valence-corrected chi connectivity index (χ2v) is 4.09. The highest BCUT2D eigenvalue weighted by Crippen LogP contribution is 2.25. The Morgan fingerprint density at radius 1 is 1.35 bits per heavy atom. The molecule has 4 heteroatoms. The fourth-order valence-electron chi connectivity index (χ4n) is 1.88. The summed E-state index contributed by atoms with van der Waals surface area (Å²) < 4.78 is 5.19. The molecule has 0 fully saturated rings. The molecule has 0 amide bonds. The Morgan fingerprint density at radius 2 is 2.12 bits per heavy atom. The van der Waals surface area contributed by atoms with Crippen LogP contribution < -0.4 is 15.8 Å². The third-order valence-electron chi connectivity index (χ3n) is 2.80. The highest BCUT2D eigenvalue weighted by molar-refractivity contribution is 5.79. The van der Waals surface area contributed by atoms with Crippen LogP contribution in [0.1, 0.15) is 18.1 Å². The molecule has 1 aliphatic heterocycles. The van der Waals surface area contributed by atoms with Crippen molar-refractivity contribution in [1.82, 2.24) is 5.32 Å². The lowest BCUT2D eigenvalue weighted by Crippen LogP contribution is -2.40. The number of ether oxygens (including phenoxy) is 1. The summed E-state index contributed by atoms with van der Waals surface area (Å²) in [6, 6.07) is 5.96. The normalized spacial score (nSPS) is 19.2. The first kappa shape index (κ1) is 11.7. The molecule has 17 heavy (non-hydrogen) atoms. The summed E-state index contributed by atoms with van der Waals surface area (Å²) >= 11 is 0. The van der Waals surface area contributed by atoms with Crippen molar-refractivity contribution >= 4 is 11.9 Å². The van der Waals surface area contributed by atoms with Crippen LogP contribution in [0.4, 0.5) is 0 Å². The smallest absolute Gasteiger partial charge is 0.119 e. The van der Waals surface area contributed by atoms with Crippen LogP contribution in [0.3, 0.4) is 0 Å². The summed E-state index contributed by atoms with van der Waals surface area (Å²) in [6.07, 6.45) is 1.48. The second-order valence-electron chi connectivity index (χ2n) is 4.09. The van der Waals surface area contributed by atoms with Gasteiger partial charge >= 0.3 is 0 Å². The van der Waals surface area contributed by atoms with Crippen LogP contribution in [0.15, 0.2) is 28.9 Å². The van der Waals surface area contributed by atoms with Gasteiger partial charge in [0.25, 0.3) is 0 Å². The zero-order valence-corrected chi connectivity index (χ0v) is 10.3. The third-order valence-corrected chi connectivity index (χ3v) is 2.80. The molecule has 1 aromatic rings. The maximum Gasteiger partial charge on any atom is 0.119 e. The van der Waals surface area contributed by atoms with E-state index in [9.17, 15) is 0 Å². The second kappa shape index (κ2) is 4.59. The number of aryl methyl sites for hydroxylation is 1. The molecule has 0 aromatic heterocycles. The van der Waals surface area contributed by atoms with Crippen LogP contribution in [-0.2, 0) is 0 Å². The van der Waals surface area contributed by atoms with E-state index < -0.39 is 0 Å². The number of nitrogens with two attached hydrogens (primary N) is 1. The van der Waals surface area contributed by atoms with Crippen molar-refractivity contribution in [3.05, 3.63) is 35.0 Å². The van der Waals surface area contributed by atoms with E-state index in [1.165, 1.54) is 0 Å². The minimum Gasteiger partial charge on any atom is -0.497 e. The Hall–Kier alpha value is -1.81. The molecule has 1 unspecified atom stereocenters. The van der Waals surface area contributed by atoms with Gasteiger partial charge in [-0.2, -0.15) is 0 Å². The van der Waals surface area contributed by atoms with Crippen LogP contribution in [0.25, 0.3) is 5.70 Å². The molecule has 0 saturated carbocycles. The number of methoxy groups -OCH3 is 1. The van der Waals surface area contributed by atoms with Crippen LogP contribution in [0.5, 0.6) is 5.75 Å². The Bertz CT molecular complexity index is 491. The first-order valence-electron chi connectivity index (χ1n) is 5.54. The van der Waals surface area contributed by atoms with Gasteiger partial charge in [-0.15, -0.1) is 0 Å². The lowest BCUT2D eigenvalue weighted by Gasteiger charge is -2.22. The van der Waals surface area contributed by atoms with Crippen molar-refractivity contribution in [3.8, 4) is 5.75 Å². The van der Waals surface area contributed by atoms with Crippen LogP contribution in [-0.4, -0.2) is 19.5 Å². The minimum absolute atomic E-state index is 0.227. The molecule has 0 radical (unpaired) electrons. The van der Waals surface area contributed by atoms with Gasteiger partial charge in [0.2, 0.25) is 0 Å². The standard InChI is InChI=1S/C13H17N3O/c1-8-6-10(17-3)4-5-11(8)13-9(2)15-7-12(14)16-13/h4-7,12,16H,14H2,1-3H3. The zero-order chi connectivity index (χ0) is 12.4. The monoisotopic (exact) mass is 231 g/mol. The van der Waals surface area contributed by atoms with E-state index in [2.05, 4.69) is 10.3 Å². The molecule has 1 heterocycles. The fourth-order valence-corrected chi connectivity index (χ4v) is 1.88. The summed E-state index contributed by atoms with van der Waals surface area (Å²) in [5.41, 5.74) is 9.98. The fraction of sp³-hybridized carbons (Fsp3) is 0.308. The van der Waals surface area contributed by atoms with Gasteiger partial charge in [-0.3, -0.25) is 4.99 Å². The topological polar surface area (TPSA) is 59.6 Å². The van der Waals surface area contributed by atoms with Crippen molar-refractivity contribution in [2.45, 2.75) is 20.0 Å². The van der Waals surface area contributed by atoms with Crippen molar-refractivity contribution < 1.29 is 4.74 Å². The maximum atomic E-state index is 5.81. The molecule has 2 rings (SSSR count). The van der Waals surface area contributed by atoms with Gasteiger partial charge in [0.05, 0.1) is 18.5 Å². The highest BCUT2D eigenvalue weighted by atomic mass is 16.5. The molecular weight excluding hydrogens is 214 g/mol. The summed E-state index contributed by atoms with van der Waals surface area (Å²) in [7, 11) is 1.66. The molecular formula is C13H17N3O. The van der Waals surface area contributed by atoms with E-state index in [1.807, 2.05) is 32.0 Å². The molecule has 1 aromatic carbocycles. The van der Waals surface area contributed by atoms with Gasteiger partial charge < -0.3 is 15.8 Å². The van der Waals surface area contributed by atoms with Crippen molar-refractivity contribution in [2.75, 3.05) is 7.11 Å². The third kappa shape index (κ3) is 2.31. The van der Waals surface area contributed by atoms with E-state index in [0.717, 1.165) is 28.3 Å². The van der Waals surface area contributed by atoms with Gasteiger partial charge in [0.15, 0.2) is 0 Å². The number of rotatable bonds is 2. The Kier molecular flexibility index (Phi) is 3.15. The van der Waals surface area contributed by atoms with Gasteiger partial charge in [-0.25, -0.2) is 0 Å². The van der Waals surface area contributed by atoms with E-state index in [1.54, 1.807) is 13.3 Å². The molecule has 3 N–H and O–H groups in total. The number of allylic oxidation sites excluding steroid dienone is 1. The van der Waals surface area contributed by atoms with E-state index in [-0.39, 0.29) is 6.17 Å². The summed E-state index contributed by atoms with van der Waals surface area (Å²) in [4.78, 5) is 4.29. The summed E-state index contributed by atoms with van der Waals surface area (Å²) in [5, 5.41) is 3.23. The molecule has 0 aliphatic carbocycles. The number of benzene rings is 1. The molecule has 0 bridgehead atoms. The van der Waals surface area contributed by atoms with Gasteiger partial charge in [-0.1, -0.05) is 0 Å². The van der Waals surface area contributed by atoms with E-state index in [4.69, 9.17) is 10.5 Å². The van der Waals surface area contributed by atoms with E-state index >= 15 is 0 Å². The molecule has 0 spiro atoms. The van der Waals surface area contributed by atoms with Gasteiger partial charge in [0.1, 0.15) is 11.9 Å². The van der Waals surface area contributed by atoms with Gasteiger partial charge in [0, 0.05) is 11.8 Å². The van der Waals surface area contributed by atoms with Crippen LogP contribution >= 0.6 is 0 Å². The minimum atomic E-state index is -0.227. The lowest BCUT2D eigenvalue weighted by molar-refractivity contribution is 0.414. The summed E-state index contributed by atoms with van der Waals surface area (Å²) in [5.74, 6) is 0.855. The maximum absolute atomic E-state index is 5.81. The predicted molar refractivity (Wildman–Crippen MR) is 69.9 cm³/mol. The van der Waals surface area contributed by atoms with Gasteiger partial charge in [-0.05, 0) is 37.6 Å². The Morgan fingerprint density at radius 3 is 2.76 bits per heavy atom. The van der Waals surface area contributed by atoms with E-state index in [0.29, 0.717) is 0 Å². The van der Waals surface area contributed by atoms with Crippen LogP contribution in [0.2, 0.25) is 0 Å². The Balaban J connectivity index is 2.43. The first-order chi connectivity index (χ1) is 8.11. The molecule has 0 saturated heterocycles. The zero-order valence-electron chi connectivity index (χ0n) is 10.3. The summed E-state index contributed by atoms with van der Waals surface area (Å²) in [6.45, 7) is 4.01. The molecule has 90 valence electrons. The number of nitrogens with one attached hydrogen (secondary N) is 1. The average molecular weight is 231 g/mol. The average Bonchev–Trinajstić information content (AvgIpc) is 2.32. The van der Waals surface area contributed by atoms with Crippen molar-refractivity contribution in [1.29, 1.82) is 0 Å². The SMILES string of the molecule is COc1ccc(C2=C(C)N=CC(N)N2)c(C)c1. The van der Waals surface area contributed by atoms with Crippen molar-refractivity contribution in [2.24, 2.45) is 10.7 Å². The largest absolute Gasteiger partial charge is 0.497 e. The van der Waals surface area contributed by atoms with Crippen LogP contribution in [0, 0.1) is 6.92 Å². The first-order valence-corrected chi connectivity index (χ1v) is 5.54. The molecule has 1 atom stereocenters. The number of hydrogen-bond acceptors (Lipinski definition) is 4. The van der Waals surface area contributed by atoms with Crippen molar-refractivity contribution in [3.63, 3.8) is 0 Å². The number of nitrogens with zero attached hydrogens (tertiary/aromatic N) is 1. The Labute approximate surface area is 101 Å². The molecule has 4 nitrogen and oxygen atoms in total. The predicted octanol–water partition coefficient (Wildman–Crippen LogP) is 1.65. The number of hydrogen-bond donors (Lipinski definition) is 2. The lowest BCUT2D eigenvalue weighted by atomic mass is 10.0. The number of aliphatic imine (C=N–C) groups is 1. The molecule has 1 aliphatic rings.